The molecule has 4 heterocycles. The second-order valence-corrected chi connectivity index (χ2v) is 8.00. The Morgan fingerprint density at radius 2 is 2.11 bits per heavy atom. The van der Waals surface area contributed by atoms with Gasteiger partial charge in [-0.05, 0) is 37.1 Å². The number of fused-ring (bicyclic) bond motifs is 1. The Morgan fingerprint density at radius 3 is 2.74 bits per heavy atom. The zero-order valence-electron chi connectivity index (χ0n) is 15.3. The first-order valence-electron chi connectivity index (χ1n) is 8.99. The summed E-state index contributed by atoms with van der Waals surface area (Å²) in [5, 5.41) is 27.5. The molecule has 0 aromatic carbocycles. The molecule has 4 rings (SSSR count). The van der Waals surface area contributed by atoms with Gasteiger partial charge in [0.1, 0.15) is 5.56 Å². The van der Waals surface area contributed by atoms with E-state index in [2.05, 4.69) is 15.0 Å². The quantitative estimate of drug-likeness (QED) is 0.716. The van der Waals surface area contributed by atoms with Crippen molar-refractivity contribution in [3.63, 3.8) is 0 Å². The van der Waals surface area contributed by atoms with Crippen LogP contribution in [0.3, 0.4) is 0 Å². The number of aromatic carboxylic acids is 1. The van der Waals surface area contributed by atoms with Crippen LogP contribution in [0.2, 0.25) is 0 Å². The van der Waals surface area contributed by atoms with E-state index in [9.17, 15) is 15.0 Å². The molecule has 2 N–H and O–H groups in total. The number of carboxylic acids is 1. The molecule has 1 aliphatic rings. The highest BCUT2D eigenvalue weighted by Crippen LogP contribution is 2.38. The van der Waals surface area contributed by atoms with E-state index >= 15 is 0 Å². The summed E-state index contributed by atoms with van der Waals surface area (Å²) >= 11 is 1.57. The number of hydrogen-bond acceptors (Lipinski definition) is 6. The number of rotatable bonds is 4. The van der Waals surface area contributed by atoms with Gasteiger partial charge in [0.05, 0.1) is 22.9 Å². The van der Waals surface area contributed by atoms with Crippen molar-refractivity contribution in [3.8, 4) is 0 Å². The van der Waals surface area contributed by atoms with Crippen LogP contribution in [-0.2, 0) is 7.05 Å². The predicted molar refractivity (Wildman–Crippen MR) is 104 cm³/mol. The first-order chi connectivity index (χ1) is 13.0. The minimum absolute atomic E-state index is 0.181. The van der Waals surface area contributed by atoms with Crippen LogP contribution in [0.1, 0.15) is 39.9 Å². The Labute approximate surface area is 160 Å². The number of anilines is 1. The lowest BCUT2D eigenvalue weighted by Crippen LogP contribution is -2.36. The predicted octanol–water partition coefficient (Wildman–Crippen LogP) is 2.99. The number of aliphatic hydroxyl groups excluding tert-OH is 1. The van der Waals surface area contributed by atoms with Crippen LogP contribution < -0.4 is 4.90 Å². The van der Waals surface area contributed by atoms with E-state index in [-0.39, 0.29) is 11.5 Å². The second-order valence-electron chi connectivity index (χ2n) is 7.02. The summed E-state index contributed by atoms with van der Waals surface area (Å²) in [6, 6.07) is 3.92. The van der Waals surface area contributed by atoms with Gasteiger partial charge < -0.3 is 15.1 Å². The van der Waals surface area contributed by atoms with Crippen LogP contribution in [-0.4, -0.2) is 44.0 Å². The molecule has 142 valence electrons. The van der Waals surface area contributed by atoms with Crippen LogP contribution in [0.25, 0.3) is 11.0 Å². The number of piperidine rings is 1. The second kappa shape index (κ2) is 6.94. The van der Waals surface area contributed by atoms with E-state index in [0.29, 0.717) is 24.4 Å². The fraction of sp³-hybridized carbons (Fsp3) is 0.421. The molecule has 8 heteroatoms. The maximum Gasteiger partial charge on any atom is 0.339 e. The topological polar surface area (TPSA) is 91.5 Å². The summed E-state index contributed by atoms with van der Waals surface area (Å²) in [6.45, 7) is 3.27. The third-order valence-corrected chi connectivity index (χ3v) is 6.31. The fourth-order valence-electron chi connectivity index (χ4n) is 4.01. The number of hydrogen-bond donors (Lipinski definition) is 2. The van der Waals surface area contributed by atoms with Crippen molar-refractivity contribution in [2.24, 2.45) is 13.0 Å². The minimum Gasteiger partial charge on any atom is -0.478 e. The number of nitrogens with zero attached hydrogens (tertiary/aromatic N) is 4. The number of aromatic nitrogens is 3. The molecule has 0 aliphatic carbocycles. The molecule has 0 bridgehead atoms. The maximum absolute atomic E-state index is 11.8. The third kappa shape index (κ3) is 3.08. The molecule has 0 amide bonds. The molecule has 0 spiro atoms. The minimum atomic E-state index is -0.983. The third-order valence-electron chi connectivity index (χ3n) is 5.37. The van der Waals surface area contributed by atoms with Crippen LogP contribution >= 0.6 is 11.3 Å². The van der Waals surface area contributed by atoms with Gasteiger partial charge in [-0.15, -0.1) is 11.3 Å². The number of carboxylic acid groups (broad SMARTS) is 1. The van der Waals surface area contributed by atoms with Gasteiger partial charge in [-0.2, -0.15) is 5.10 Å². The monoisotopic (exact) mass is 386 g/mol. The Hall–Kier alpha value is -2.45. The lowest BCUT2D eigenvalue weighted by molar-refractivity contribution is 0.0696. The van der Waals surface area contributed by atoms with Crippen LogP contribution in [0.4, 0.5) is 5.69 Å². The summed E-state index contributed by atoms with van der Waals surface area (Å²) in [5.74, 6) is -0.802. The Bertz CT molecular complexity index is 975. The smallest absolute Gasteiger partial charge is 0.339 e. The summed E-state index contributed by atoms with van der Waals surface area (Å²) in [7, 11) is 1.82. The standard InChI is InChI=1S/C19H22N4O3S/c1-11-15-16(13(19(25)26)10-20-18(15)22(2)21-11)23-7-5-12(6-8-23)17(24)14-4-3-9-27-14/h3-4,9-10,12,17,24H,5-8H2,1-2H3,(H,25,26). The van der Waals surface area contributed by atoms with Crippen molar-refractivity contribution in [2.45, 2.75) is 25.9 Å². The van der Waals surface area contributed by atoms with Crippen molar-refractivity contribution in [1.29, 1.82) is 0 Å². The molecular formula is C19H22N4O3S. The van der Waals surface area contributed by atoms with Crippen molar-refractivity contribution < 1.29 is 15.0 Å². The van der Waals surface area contributed by atoms with Gasteiger partial charge in [0, 0.05) is 31.2 Å². The molecule has 0 radical (unpaired) electrons. The van der Waals surface area contributed by atoms with Crippen molar-refractivity contribution in [3.05, 3.63) is 39.8 Å². The van der Waals surface area contributed by atoms with Crippen LogP contribution in [0.15, 0.2) is 23.7 Å². The van der Waals surface area contributed by atoms with Gasteiger partial charge in [0.2, 0.25) is 0 Å². The van der Waals surface area contributed by atoms with Crippen molar-refractivity contribution >= 4 is 34.0 Å². The first kappa shape index (κ1) is 17.9. The maximum atomic E-state index is 11.8. The molecule has 7 nitrogen and oxygen atoms in total. The van der Waals surface area contributed by atoms with Crippen molar-refractivity contribution in [2.75, 3.05) is 18.0 Å². The van der Waals surface area contributed by atoms with E-state index in [4.69, 9.17) is 0 Å². The average molecular weight is 386 g/mol. The summed E-state index contributed by atoms with van der Waals surface area (Å²) in [6.07, 6.45) is 2.58. The molecule has 3 aromatic rings. The molecule has 1 aliphatic heterocycles. The highest BCUT2D eigenvalue weighted by molar-refractivity contribution is 7.10. The largest absolute Gasteiger partial charge is 0.478 e. The van der Waals surface area contributed by atoms with Gasteiger partial charge in [-0.1, -0.05) is 6.07 Å². The fourth-order valence-corrected chi connectivity index (χ4v) is 4.81. The molecule has 1 atom stereocenters. The van der Waals surface area contributed by atoms with E-state index in [1.54, 1.807) is 16.0 Å². The zero-order chi connectivity index (χ0) is 19.1. The highest BCUT2D eigenvalue weighted by atomic mass is 32.1. The highest BCUT2D eigenvalue weighted by Gasteiger charge is 2.30. The molecule has 1 unspecified atom stereocenters. The van der Waals surface area contributed by atoms with Crippen LogP contribution in [0, 0.1) is 12.8 Å². The Balaban J connectivity index is 1.65. The van der Waals surface area contributed by atoms with Crippen LogP contribution in [0.5, 0.6) is 0 Å². The van der Waals surface area contributed by atoms with E-state index in [0.717, 1.165) is 28.8 Å². The average Bonchev–Trinajstić information content (AvgIpc) is 3.29. The summed E-state index contributed by atoms with van der Waals surface area (Å²) < 4.78 is 1.69. The first-order valence-corrected chi connectivity index (χ1v) is 9.87. The number of carbonyl (C=O) groups is 1. The SMILES string of the molecule is Cc1nn(C)c2ncc(C(=O)O)c(N3CCC(C(O)c4cccs4)CC3)c12. The van der Waals surface area contributed by atoms with Gasteiger partial charge in [-0.25, -0.2) is 9.78 Å². The molecular weight excluding hydrogens is 364 g/mol. The van der Waals surface area contributed by atoms with E-state index < -0.39 is 12.1 Å². The Morgan fingerprint density at radius 1 is 1.37 bits per heavy atom. The van der Waals surface area contributed by atoms with Gasteiger partial charge in [0.25, 0.3) is 0 Å². The molecule has 0 saturated carbocycles. The van der Waals surface area contributed by atoms with E-state index in [1.165, 1.54) is 6.20 Å². The number of thiophene rings is 1. The lowest BCUT2D eigenvalue weighted by Gasteiger charge is -2.36. The van der Waals surface area contributed by atoms with Crippen molar-refractivity contribution in [1.82, 2.24) is 14.8 Å². The zero-order valence-corrected chi connectivity index (χ0v) is 16.1. The van der Waals surface area contributed by atoms with E-state index in [1.807, 2.05) is 31.5 Å². The number of pyridine rings is 1. The number of aliphatic hydroxyl groups is 1. The summed E-state index contributed by atoms with van der Waals surface area (Å²) in [4.78, 5) is 19.2. The van der Waals surface area contributed by atoms with Gasteiger partial charge in [-0.3, -0.25) is 4.68 Å². The molecule has 1 fully saturated rings. The molecule has 1 saturated heterocycles. The summed E-state index contributed by atoms with van der Waals surface area (Å²) in [5.41, 5.74) is 2.37. The van der Waals surface area contributed by atoms with Gasteiger partial charge >= 0.3 is 5.97 Å². The number of aryl methyl sites for hydroxylation is 2. The van der Waals surface area contributed by atoms with Gasteiger partial charge in [0.15, 0.2) is 5.65 Å². The molecule has 27 heavy (non-hydrogen) atoms. The Kier molecular flexibility index (Phi) is 4.61. The normalized spacial score (nSPS) is 16.8. The molecule has 3 aromatic heterocycles. The lowest BCUT2D eigenvalue weighted by atomic mass is 9.90.